The molecule has 7 nitrogen and oxygen atoms in total. The van der Waals surface area contributed by atoms with E-state index in [1.165, 1.54) is 0 Å². The first kappa shape index (κ1) is 21.9. The van der Waals surface area contributed by atoms with Gasteiger partial charge in [-0.1, -0.05) is 36.8 Å². The zero-order valence-corrected chi connectivity index (χ0v) is 16.3. The predicted octanol–water partition coefficient (Wildman–Crippen LogP) is 1.56. The van der Waals surface area contributed by atoms with Gasteiger partial charge in [0.2, 0.25) is 11.8 Å². The van der Waals surface area contributed by atoms with Gasteiger partial charge in [0.1, 0.15) is 0 Å². The Morgan fingerprint density at radius 2 is 1.93 bits per heavy atom. The van der Waals surface area contributed by atoms with Crippen LogP contribution in [0, 0.1) is 5.92 Å². The van der Waals surface area contributed by atoms with Crippen LogP contribution in [-0.2, 0) is 20.8 Å². The molecule has 0 aliphatic carbocycles. The highest BCUT2D eigenvalue weighted by Gasteiger charge is 2.40. The number of nitrogens with one attached hydrogen (secondary N) is 1. The van der Waals surface area contributed by atoms with Gasteiger partial charge in [-0.3, -0.25) is 14.4 Å². The van der Waals surface area contributed by atoms with Crippen LogP contribution in [0.5, 0.6) is 0 Å². The van der Waals surface area contributed by atoms with Crippen LogP contribution < -0.4 is 11.1 Å². The number of carboxylic acid groups (broad SMARTS) is 1. The zero-order valence-electron chi connectivity index (χ0n) is 16.3. The fourth-order valence-corrected chi connectivity index (χ4v) is 3.66. The molecule has 0 unspecified atom stereocenters. The Morgan fingerprint density at radius 1 is 1.18 bits per heavy atom. The van der Waals surface area contributed by atoms with Gasteiger partial charge in [-0.15, -0.1) is 0 Å². The first-order chi connectivity index (χ1) is 13.5. The van der Waals surface area contributed by atoms with Crippen LogP contribution in [0.25, 0.3) is 0 Å². The monoisotopic (exact) mass is 389 g/mol. The average Bonchev–Trinajstić information content (AvgIpc) is 2.97. The van der Waals surface area contributed by atoms with Crippen LogP contribution in [-0.4, -0.2) is 53.5 Å². The van der Waals surface area contributed by atoms with Gasteiger partial charge in [-0.2, -0.15) is 0 Å². The molecule has 1 heterocycles. The molecule has 0 saturated carbocycles. The highest BCUT2D eigenvalue weighted by atomic mass is 16.4. The number of hydrogen-bond donors (Lipinski definition) is 3. The van der Waals surface area contributed by atoms with Crippen molar-refractivity contribution < 1.29 is 19.5 Å². The van der Waals surface area contributed by atoms with E-state index in [9.17, 15) is 14.4 Å². The second-order valence-corrected chi connectivity index (χ2v) is 7.35. The SMILES string of the molecule is NCCCCCC(=O)NC[C@@H]1C[C@@H](CC(=O)O)C(=O)N1CCc1ccccc1. The van der Waals surface area contributed by atoms with E-state index in [1.807, 2.05) is 30.3 Å². The number of hydrogen-bond acceptors (Lipinski definition) is 4. The molecular formula is C21H31N3O4. The van der Waals surface area contributed by atoms with E-state index in [4.69, 9.17) is 10.8 Å². The molecule has 0 radical (unpaired) electrons. The number of nitrogens with two attached hydrogens (primary N) is 1. The van der Waals surface area contributed by atoms with Crippen LogP contribution in [0.3, 0.4) is 0 Å². The number of amides is 2. The lowest BCUT2D eigenvalue weighted by molar-refractivity contribution is -0.142. The van der Waals surface area contributed by atoms with Crippen molar-refractivity contribution in [2.24, 2.45) is 11.7 Å². The number of carboxylic acids is 1. The predicted molar refractivity (Wildman–Crippen MR) is 107 cm³/mol. The van der Waals surface area contributed by atoms with Crippen molar-refractivity contribution in [1.29, 1.82) is 0 Å². The molecule has 7 heteroatoms. The zero-order chi connectivity index (χ0) is 20.4. The number of carbonyl (C=O) groups excluding carboxylic acids is 2. The molecule has 0 bridgehead atoms. The number of rotatable bonds is 12. The Labute approximate surface area is 166 Å². The van der Waals surface area contributed by atoms with Gasteiger partial charge in [0.25, 0.3) is 0 Å². The van der Waals surface area contributed by atoms with E-state index in [-0.39, 0.29) is 24.3 Å². The summed E-state index contributed by atoms with van der Waals surface area (Å²) in [7, 11) is 0. The van der Waals surface area contributed by atoms with E-state index < -0.39 is 11.9 Å². The molecule has 1 fully saturated rings. The standard InChI is InChI=1S/C21H31N3O4/c22-11-6-2-5-9-19(25)23-15-18-13-17(14-20(26)27)21(28)24(18)12-10-16-7-3-1-4-8-16/h1,3-4,7-8,17-18H,2,5-6,9-15,22H2,(H,23,25)(H,26,27)/t17-,18-/m0/s1. The summed E-state index contributed by atoms with van der Waals surface area (Å²) in [5, 5.41) is 12.0. The molecular weight excluding hydrogens is 358 g/mol. The number of carbonyl (C=O) groups is 3. The normalized spacial score (nSPS) is 19.0. The van der Waals surface area contributed by atoms with Crippen LogP contribution >= 0.6 is 0 Å². The quantitative estimate of drug-likeness (QED) is 0.470. The van der Waals surface area contributed by atoms with Crippen molar-refractivity contribution in [2.75, 3.05) is 19.6 Å². The Kier molecular flexibility index (Phi) is 8.94. The first-order valence-corrected chi connectivity index (χ1v) is 10.0. The minimum Gasteiger partial charge on any atom is -0.481 e. The third kappa shape index (κ3) is 6.96. The molecule has 1 aliphatic rings. The number of benzene rings is 1. The van der Waals surface area contributed by atoms with Crippen LogP contribution in [0.15, 0.2) is 30.3 Å². The highest BCUT2D eigenvalue weighted by molar-refractivity contribution is 5.85. The Balaban J connectivity index is 1.90. The van der Waals surface area contributed by atoms with E-state index in [0.717, 1.165) is 24.8 Å². The van der Waals surface area contributed by atoms with Crippen LogP contribution in [0.4, 0.5) is 0 Å². The maximum Gasteiger partial charge on any atom is 0.304 e. The first-order valence-electron chi connectivity index (χ1n) is 10.0. The van der Waals surface area contributed by atoms with Gasteiger partial charge in [-0.05, 0) is 37.8 Å². The number of nitrogens with zero attached hydrogens (tertiary/aromatic N) is 1. The molecule has 1 saturated heterocycles. The molecule has 4 N–H and O–H groups in total. The van der Waals surface area contributed by atoms with Crippen molar-refractivity contribution in [3.8, 4) is 0 Å². The smallest absolute Gasteiger partial charge is 0.304 e. The third-order valence-electron chi connectivity index (χ3n) is 5.18. The summed E-state index contributed by atoms with van der Waals surface area (Å²) in [5.74, 6) is -1.64. The van der Waals surface area contributed by atoms with Crippen molar-refractivity contribution in [3.63, 3.8) is 0 Å². The maximum absolute atomic E-state index is 12.7. The van der Waals surface area contributed by atoms with Gasteiger partial charge in [0, 0.05) is 25.6 Å². The molecule has 1 aliphatic heterocycles. The fraction of sp³-hybridized carbons (Fsp3) is 0.571. The van der Waals surface area contributed by atoms with E-state index >= 15 is 0 Å². The second-order valence-electron chi connectivity index (χ2n) is 7.35. The summed E-state index contributed by atoms with van der Waals surface area (Å²) in [6.07, 6.45) is 4.09. The number of aliphatic carboxylic acids is 1. The minimum atomic E-state index is -0.967. The van der Waals surface area contributed by atoms with E-state index in [2.05, 4.69) is 5.32 Å². The van der Waals surface area contributed by atoms with Crippen LogP contribution in [0.1, 0.15) is 44.1 Å². The molecule has 2 rings (SSSR count). The lowest BCUT2D eigenvalue weighted by atomic mass is 10.0. The van der Waals surface area contributed by atoms with Gasteiger partial charge in [0.05, 0.1) is 12.3 Å². The van der Waals surface area contributed by atoms with Gasteiger partial charge < -0.3 is 21.1 Å². The summed E-state index contributed by atoms with van der Waals surface area (Å²) in [5.41, 5.74) is 6.58. The molecule has 0 spiro atoms. The summed E-state index contributed by atoms with van der Waals surface area (Å²) in [6.45, 7) is 1.52. The molecule has 0 aromatic heterocycles. The summed E-state index contributed by atoms with van der Waals surface area (Å²) >= 11 is 0. The summed E-state index contributed by atoms with van der Waals surface area (Å²) < 4.78 is 0. The van der Waals surface area contributed by atoms with Crippen molar-refractivity contribution in [1.82, 2.24) is 10.2 Å². The minimum absolute atomic E-state index is 0.0332. The van der Waals surface area contributed by atoms with E-state index in [1.54, 1.807) is 4.90 Å². The highest BCUT2D eigenvalue weighted by Crippen LogP contribution is 2.27. The molecule has 2 amide bonds. The Bertz CT molecular complexity index is 650. The molecule has 2 atom stereocenters. The average molecular weight is 389 g/mol. The molecule has 154 valence electrons. The lowest BCUT2D eigenvalue weighted by Gasteiger charge is -2.25. The van der Waals surface area contributed by atoms with E-state index in [0.29, 0.717) is 38.9 Å². The largest absolute Gasteiger partial charge is 0.481 e. The van der Waals surface area contributed by atoms with Gasteiger partial charge >= 0.3 is 5.97 Å². The maximum atomic E-state index is 12.7. The third-order valence-corrected chi connectivity index (χ3v) is 5.18. The Hall–Kier alpha value is -2.41. The number of unbranched alkanes of at least 4 members (excludes halogenated alkanes) is 2. The van der Waals surface area contributed by atoms with Crippen molar-refractivity contribution in [2.45, 2.75) is 51.0 Å². The lowest BCUT2D eigenvalue weighted by Crippen LogP contribution is -2.42. The second kappa shape index (κ2) is 11.4. The topological polar surface area (TPSA) is 113 Å². The molecule has 1 aromatic carbocycles. The fourth-order valence-electron chi connectivity index (χ4n) is 3.66. The van der Waals surface area contributed by atoms with Crippen LogP contribution in [0.2, 0.25) is 0 Å². The van der Waals surface area contributed by atoms with Gasteiger partial charge in [-0.25, -0.2) is 0 Å². The number of likely N-dealkylation sites (tertiary alicyclic amines) is 1. The van der Waals surface area contributed by atoms with Crippen molar-refractivity contribution in [3.05, 3.63) is 35.9 Å². The Morgan fingerprint density at radius 3 is 2.61 bits per heavy atom. The molecule has 1 aromatic rings. The molecule has 28 heavy (non-hydrogen) atoms. The summed E-state index contributed by atoms with van der Waals surface area (Å²) in [6, 6.07) is 9.71. The van der Waals surface area contributed by atoms with Gasteiger partial charge in [0.15, 0.2) is 0 Å². The summed E-state index contributed by atoms with van der Waals surface area (Å²) in [4.78, 5) is 37.6. The van der Waals surface area contributed by atoms with Crippen molar-refractivity contribution >= 4 is 17.8 Å².